The van der Waals surface area contributed by atoms with Crippen molar-refractivity contribution in [2.75, 3.05) is 10.5 Å². The van der Waals surface area contributed by atoms with Crippen LogP contribution in [0.15, 0.2) is 12.1 Å². The van der Waals surface area contributed by atoms with Gasteiger partial charge in [-0.2, -0.15) is 13.2 Å². The monoisotopic (exact) mass is 286 g/mol. The smallest absolute Gasteiger partial charge is 0.283 e. The van der Waals surface area contributed by atoms with Crippen LogP contribution in [0.2, 0.25) is 5.02 Å². The predicted molar refractivity (Wildman–Crippen MR) is 58.4 cm³/mol. The van der Waals surface area contributed by atoms with Gasteiger partial charge in [0.1, 0.15) is 0 Å². The van der Waals surface area contributed by atoms with E-state index in [0.29, 0.717) is 6.07 Å². The molecular formula is C9H8ClF3NO2S. The largest absolute Gasteiger partial charge is 0.418 e. The zero-order chi connectivity index (χ0) is 13.3. The van der Waals surface area contributed by atoms with Crippen molar-refractivity contribution < 1.29 is 21.6 Å². The number of rotatable bonds is 3. The first kappa shape index (κ1) is 14.1. The van der Waals surface area contributed by atoms with Gasteiger partial charge >= 0.3 is 6.18 Å². The highest BCUT2D eigenvalue weighted by molar-refractivity contribution is 7.92. The summed E-state index contributed by atoms with van der Waals surface area (Å²) < 4.78 is 62.0. The molecule has 0 heterocycles. The van der Waals surface area contributed by atoms with Crippen LogP contribution in [-0.2, 0) is 16.2 Å². The second-order valence-electron chi connectivity index (χ2n) is 3.11. The quantitative estimate of drug-likeness (QED) is 0.928. The summed E-state index contributed by atoms with van der Waals surface area (Å²) >= 11 is 5.40. The van der Waals surface area contributed by atoms with Gasteiger partial charge in [0.2, 0.25) is 10.0 Å². The van der Waals surface area contributed by atoms with Gasteiger partial charge in [-0.15, -0.1) is 0 Å². The molecule has 95 valence electrons. The summed E-state index contributed by atoms with van der Waals surface area (Å²) in [5.74, 6) is -0.326. The van der Waals surface area contributed by atoms with Crippen molar-refractivity contribution in [3.8, 4) is 0 Å². The summed E-state index contributed by atoms with van der Waals surface area (Å²) in [6.45, 7) is 1.31. The zero-order valence-corrected chi connectivity index (χ0v) is 10.2. The van der Waals surface area contributed by atoms with Crippen molar-refractivity contribution in [3.63, 3.8) is 0 Å². The molecule has 1 radical (unpaired) electrons. The molecule has 0 bridgehead atoms. The zero-order valence-electron chi connectivity index (χ0n) is 8.60. The van der Waals surface area contributed by atoms with Crippen LogP contribution >= 0.6 is 11.6 Å². The molecule has 0 saturated carbocycles. The third kappa shape index (κ3) is 3.78. The van der Waals surface area contributed by atoms with Gasteiger partial charge < -0.3 is 0 Å². The van der Waals surface area contributed by atoms with Gasteiger partial charge in [0, 0.05) is 11.1 Å². The van der Waals surface area contributed by atoms with Crippen molar-refractivity contribution in [2.45, 2.75) is 13.1 Å². The van der Waals surface area contributed by atoms with E-state index in [-0.39, 0.29) is 10.8 Å². The molecule has 0 aromatic heterocycles. The van der Waals surface area contributed by atoms with E-state index in [1.54, 1.807) is 0 Å². The fraction of sp³-hybridized carbons (Fsp3) is 0.333. The number of alkyl halides is 3. The summed E-state index contributed by atoms with van der Waals surface area (Å²) in [7, 11) is -3.78. The van der Waals surface area contributed by atoms with E-state index in [0.717, 1.165) is 6.07 Å². The molecule has 0 amide bonds. The highest BCUT2D eigenvalue weighted by Gasteiger charge is 2.34. The van der Waals surface area contributed by atoms with Crippen molar-refractivity contribution in [1.82, 2.24) is 0 Å². The Balaban J connectivity index is 3.26. The van der Waals surface area contributed by atoms with E-state index in [1.165, 1.54) is 6.92 Å². The second-order valence-corrected chi connectivity index (χ2v) is 5.53. The summed E-state index contributed by atoms with van der Waals surface area (Å²) in [6.07, 6.45) is -4.69. The number of anilines is 1. The van der Waals surface area contributed by atoms with Crippen molar-refractivity contribution in [1.29, 1.82) is 0 Å². The van der Waals surface area contributed by atoms with Crippen LogP contribution in [0.25, 0.3) is 0 Å². The molecule has 0 aliphatic heterocycles. The van der Waals surface area contributed by atoms with Crippen LogP contribution < -0.4 is 4.72 Å². The Labute approximate surface area is 102 Å². The van der Waals surface area contributed by atoms with E-state index in [1.807, 2.05) is 4.72 Å². The van der Waals surface area contributed by atoms with Gasteiger partial charge in [0.05, 0.1) is 17.0 Å². The van der Waals surface area contributed by atoms with E-state index >= 15 is 0 Å². The average Bonchev–Trinajstić information content (AvgIpc) is 2.19. The molecule has 1 rings (SSSR count). The van der Waals surface area contributed by atoms with Gasteiger partial charge in [-0.25, -0.2) is 8.42 Å². The Kier molecular flexibility index (Phi) is 3.93. The molecule has 8 heteroatoms. The maximum Gasteiger partial charge on any atom is 0.418 e. The number of halogens is 4. The second kappa shape index (κ2) is 4.73. The normalized spacial score (nSPS) is 12.5. The molecule has 0 saturated heterocycles. The van der Waals surface area contributed by atoms with E-state index in [2.05, 4.69) is 6.07 Å². The molecule has 0 atom stereocenters. The van der Waals surface area contributed by atoms with Gasteiger partial charge in [0.15, 0.2) is 0 Å². The minimum Gasteiger partial charge on any atom is -0.283 e. The van der Waals surface area contributed by atoms with Gasteiger partial charge in [-0.1, -0.05) is 11.6 Å². The third-order valence-electron chi connectivity index (χ3n) is 1.87. The molecule has 0 aliphatic rings. The first-order valence-electron chi connectivity index (χ1n) is 4.44. The Morgan fingerprint density at radius 3 is 2.53 bits per heavy atom. The van der Waals surface area contributed by atoms with Crippen LogP contribution in [0.5, 0.6) is 0 Å². The number of benzene rings is 1. The van der Waals surface area contributed by atoms with Crippen LogP contribution in [0.1, 0.15) is 12.5 Å². The van der Waals surface area contributed by atoms with Crippen molar-refractivity contribution in [3.05, 3.63) is 28.8 Å². The van der Waals surface area contributed by atoms with E-state index in [9.17, 15) is 21.6 Å². The van der Waals surface area contributed by atoms with Crippen LogP contribution in [0.4, 0.5) is 18.9 Å². The highest BCUT2D eigenvalue weighted by Crippen LogP contribution is 2.36. The Bertz CT molecular complexity index is 513. The van der Waals surface area contributed by atoms with Crippen LogP contribution in [0, 0.1) is 6.07 Å². The highest BCUT2D eigenvalue weighted by atomic mass is 35.5. The van der Waals surface area contributed by atoms with Gasteiger partial charge in [0.25, 0.3) is 0 Å². The number of nitrogens with one attached hydrogen (secondary N) is 1. The first-order valence-corrected chi connectivity index (χ1v) is 6.47. The molecule has 0 spiro atoms. The Morgan fingerprint density at radius 2 is 2.06 bits per heavy atom. The Morgan fingerprint density at radius 1 is 1.47 bits per heavy atom. The molecule has 0 fully saturated rings. The van der Waals surface area contributed by atoms with Gasteiger partial charge in [-0.05, 0) is 19.1 Å². The number of sulfonamides is 1. The lowest BCUT2D eigenvalue weighted by Gasteiger charge is -2.14. The van der Waals surface area contributed by atoms with Crippen molar-refractivity contribution in [2.24, 2.45) is 0 Å². The molecule has 0 aliphatic carbocycles. The van der Waals surface area contributed by atoms with Crippen molar-refractivity contribution >= 4 is 27.3 Å². The summed E-state index contributed by atoms with van der Waals surface area (Å²) in [4.78, 5) is 0. The maximum absolute atomic E-state index is 12.6. The molecule has 1 aromatic carbocycles. The minimum absolute atomic E-state index is 0.239. The first-order chi connectivity index (χ1) is 7.65. The molecule has 0 unspecified atom stereocenters. The molecule has 17 heavy (non-hydrogen) atoms. The fourth-order valence-electron chi connectivity index (χ4n) is 1.02. The molecule has 1 aromatic rings. The maximum atomic E-state index is 12.6. The third-order valence-corrected chi connectivity index (χ3v) is 3.38. The number of hydrogen-bond acceptors (Lipinski definition) is 2. The Hall–Kier alpha value is -0.950. The topological polar surface area (TPSA) is 46.2 Å². The predicted octanol–water partition coefficient (Wildman–Crippen LogP) is 2.92. The lowest BCUT2D eigenvalue weighted by atomic mass is 10.2. The molecule has 1 N–H and O–H groups in total. The molecule has 3 nitrogen and oxygen atoms in total. The van der Waals surface area contributed by atoms with Gasteiger partial charge in [-0.3, -0.25) is 4.72 Å². The van der Waals surface area contributed by atoms with Crippen LogP contribution in [0.3, 0.4) is 0 Å². The average molecular weight is 287 g/mol. The summed E-state index contributed by atoms with van der Waals surface area (Å²) in [5.41, 5.74) is -1.72. The summed E-state index contributed by atoms with van der Waals surface area (Å²) in [5, 5.41) is -0.239. The van der Waals surface area contributed by atoms with Crippen LogP contribution in [-0.4, -0.2) is 14.2 Å². The summed E-state index contributed by atoms with van der Waals surface area (Å²) in [6, 6.07) is 3.78. The lowest BCUT2D eigenvalue weighted by Crippen LogP contribution is -2.18. The molecular weight excluding hydrogens is 279 g/mol. The minimum atomic E-state index is -4.69. The SMILES string of the molecule is CCS(=O)(=O)Nc1c[c]c(Cl)cc1C(F)(F)F. The van der Waals surface area contributed by atoms with E-state index < -0.39 is 27.5 Å². The standard InChI is InChI=1S/C9H8ClF3NO2S/c1-2-17(15,16)14-8-4-3-6(10)5-7(8)9(11,12)13/h4-5,14H,2H2,1H3. The fourth-order valence-corrected chi connectivity index (χ4v) is 1.84. The van der Waals surface area contributed by atoms with E-state index in [4.69, 9.17) is 11.6 Å². The number of hydrogen-bond donors (Lipinski definition) is 1. The lowest BCUT2D eigenvalue weighted by molar-refractivity contribution is -0.136.